The van der Waals surface area contributed by atoms with Crippen LogP contribution in [-0.4, -0.2) is 14.6 Å². The Morgan fingerprint density at radius 3 is 3.12 bits per heavy atom. The number of fused-ring (bicyclic) bond motifs is 1. The Morgan fingerprint density at radius 1 is 1.47 bits per heavy atom. The van der Waals surface area contributed by atoms with Crippen LogP contribution in [0.5, 0.6) is 0 Å². The predicted molar refractivity (Wildman–Crippen MR) is 68.2 cm³/mol. The van der Waals surface area contributed by atoms with Crippen molar-refractivity contribution in [2.24, 2.45) is 11.8 Å². The zero-order chi connectivity index (χ0) is 11.8. The minimum absolute atomic E-state index is 0.654. The van der Waals surface area contributed by atoms with Crippen molar-refractivity contribution in [2.75, 3.05) is 0 Å². The molecule has 17 heavy (non-hydrogen) atoms. The maximum atomic E-state index is 6.18. The molecule has 2 aromatic heterocycles. The van der Waals surface area contributed by atoms with Gasteiger partial charge in [0.05, 0.1) is 6.20 Å². The van der Waals surface area contributed by atoms with E-state index in [1.807, 2.05) is 12.1 Å². The Hall–Kier alpha value is -1.09. The van der Waals surface area contributed by atoms with Crippen molar-refractivity contribution in [3.8, 4) is 0 Å². The highest BCUT2D eigenvalue weighted by molar-refractivity contribution is 6.29. The van der Waals surface area contributed by atoms with E-state index in [1.165, 1.54) is 19.3 Å². The van der Waals surface area contributed by atoms with Crippen molar-refractivity contribution in [3.05, 3.63) is 29.2 Å². The number of hydrogen-bond acceptors (Lipinski definition) is 2. The summed E-state index contributed by atoms with van der Waals surface area (Å²) < 4.78 is 1.67. The standard InChI is InChI=1S/C13H16ClN3/c1-9-2-3-10(6-9)7-11-8-12(14)17-13(16-11)4-5-15-17/h4-5,8-10H,2-3,6-7H2,1H3. The summed E-state index contributed by atoms with van der Waals surface area (Å²) in [5, 5.41) is 4.78. The van der Waals surface area contributed by atoms with Crippen molar-refractivity contribution in [2.45, 2.75) is 32.6 Å². The summed E-state index contributed by atoms with van der Waals surface area (Å²) in [6.45, 7) is 2.33. The Bertz CT molecular complexity index is 534. The molecule has 2 heterocycles. The van der Waals surface area contributed by atoms with Gasteiger partial charge in [-0.15, -0.1) is 0 Å². The van der Waals surface area contributed by atoms with E-state index in [-0.39, 0.29) is 0 Å². The molecular weight excluding hydrogens is 234 g/mol. The number of rotatable bonds is 2. The van der Waals surface area contributed by atoms with E-state index in [4.69, 9.17) is 11.6 Å². The first-order valence-electron chi connectivity index (χ1n) is 6.21. The van der Waals surface area contributed by atoms with Crippen LogP contribution in [0, 0.1) is 11.8 Å². The highest BCUT2D eigenvalue weighted by atomic mass is 35.5. The van der Waals surface area contributed by atoms with Crippen LogP contribution in [0.3, 0.4) is 0 Å². The van der Waals surface area contributed by atoms with Crippen molar-refractivity contribution in [3.63, 3.8) is 0 Å². The average molecular weight is 250 g/mol. The lowest BCUT2D eigenvalue weighted by atomic mass is 10.0. The molecule has 2 atom stereocenters. The van der Waals surface area contributed by atoms with Gasteiger partial charge in [-0.1, -0.05) is 24.9 Å². The molecule has 0 N–H and O–H groups in total. The quantitative estimate of drug-likeness (QED) is 0.764. The molecule has 0 saturated heterocycles. The molecule has 1 fully saturated rings. The summed E-state index contributed by atoms with van der Waals surface area (Å²) in [6.07, 6.45) is 6.78. The Morgan fingerprint density at radius 2 is 2.35 bits per heavy atom. The Labute approximate surface area is 106 Å². The minimum atomic E-state index is 0.654. The van der Waals surface area contributed by atoms with Gasteiger partial charge < -0.3 is 0 Å². The molecule has 3 nitrogen and oxygen atoms in total. The zero-order valence-corrected chi connectivity index (χ0v) is 10.7. The third-order valence-electron chi connectivity index (χ3n) is 3.67. The van der Waals surface area contributed by atoms with E-state index in [0.717, 1.165) is 29.6 Å². The van der Waals surface area contributed by atoms with Crippen molar-refractivity contribution in [1.82, 2.24) is 14.6 Å². The van der Waals surface area contributed by atoms with Crippen LogP contribution in [0.2, 0.25) is 5.15 Å². The van der Waals surface area contributed by atoms with Crippen LogP contribution < -0.4 is 0 Å². The fourth-order valence-corrected chi connectivity index (χ4v) is 3.09. The van der Waals surface area contributed by atoms with Gasteiger partial charge in [-0.25, -0.2) is 9.50 Å². The van der Waals surface area contributed by atoms with E-state index >= 15 is 0 Å². The third-order valence-corrected chi connectivity index (χ3v) is 3.94. The van der Waals surface area contributed by atoms with Gasteiger partial charge >= 0.3 is 0 Å². The van der Waals surface area contributed by atoms with Crippen LogP contribution in [0.25, 0.3) is 5.65 Å². The number of halogens is 1. The maximum Gasteiger partial charge on any atom is 0.156 e. The molecule has 1 aliphatic rings. The molecule has 0 radical (unpaired) electrons. The smallest absolute Gasteiger partial charge is 0.156 e. The van der Waals surface area contributed by atoms with Gasteiger partial charge in [0.25, 0.3) is 0 Å². The maximum absolute atomic E-state index is 6.18. The lowest BCUT2D eigenvalue weighted by Gasteiger charge is -2.09. The summed E-state index contributed by atoms with van der Waals surface area (Å²) in [5.41, 5.74) is 1.95. The van der Waals surface area contributed by atoms with E-state index in [0.29, 0.717) is 5.15 Å². The molecule has 1 aliphatic carbocycles. The summed E-state index contributed by atoms with van der Waals surface area (Å²) in [4.78, 5) is 4.60. The van der Waals surface area contributed by atoms with Crippen LogP contribution in [0.4, 0.5) is 0 Å². The predicted octanol–water partition coefficient (Wildman–Crippen LogP) is 3.36. The SMILES string of the molecule is CC1CCC(Cc2cc(Cl)n3nccc3n2)C1. The van der Waals surface area contributed by atoms with Crippen molar-refractivity contribution < 1.29 is 0 Å². The van der Waals surface area contributed by atoms with E-state index in [1.54, 1.807) is 10.7 Å². The van der Waals surface area contributed by atoms with E-state index < -0.39 is 0 Å². The van der Waals surface area contributed by atoms with Crippen molar-refractivity contribution >= 4 is 17.2 Å². The van der Waals surface area contributed by atoms with Gasteiger partial charge in [0.15, 0.2) is 5.65 Å². The largest absolute Gasteiger partial charge is 0.233 e. The Balaban J connectivity index is 1.85. The first-order valence-corrected chi connectivity index (χ1v) is 6.59. The average Bonchev–Trinajstić information content (AvgIpc) is 2.87. The van der Waals surface area contributed by atoms with Gasteiger partial charge in [-0.05, 0) is 37.2 Å². The van der Waals surface area contributed by atoms with Crippen LogP contribution in [-0.2, 0) is 6.42 Å². The fraction of sp³-hybridized carbons (Fsp3) is 0.538. The van der Waals surface area contributed by atoms with E-state index in [9.17, 15) is 0 Å². The normalized spacial score (nSPS) is 24.6. The molecule has 0 bridgehead atoms. The van der Waals surface area contributed by atoms with Crippen LogP contribution >= 0.6 is 11.6 Å². The number of nitrogens with zero attached hydrogens (tertiary/aromatic N) is 3. The molecule has 2 aromatic rings. The summed E-state index contributed by atoms with van der Waals surface area (Å²) in [5.74, 6) is 1.65. The second-order valence-corrected chi connectivity index (χ2v) is 5.55. The van der Waals surface area contributed by atoms with Gasteiger partial charge in [-0.2, -0.15) is 5.10 Å². The molecule has 4 heteroatoms. The molecule has 0 aliphatic heterocycles. The number of hydrogen-bond donors (Lipinski definition) is 0. The second kappa shape index (κ2) is 4.30. The van der Waals surface area contributed by atoms with Gasteiger partial charge in [0.1, 0.15) is 5.15 Å². The van der Waals surface area contributed by atoms with E-state index in [2.05, 4.69) is 17.0 Å². The number of aromatic nitrogens is 3. The van der Waals surface area contributed by atoms with Crippen LogP contribution in [0.15, 0.2) is 18.3 Å². The molecule has 0 aromatic carbocycles. The molecule has 1 saturated carbocycles. The molecule has 0 spiro atoms. The fourth-order valence-electron chi connectivity index (χ4n) is 2.83. The van der Waals surface area contributed by atoms with Crippen molar-refractivity contribution in [1.29, 1.82) is 0 Å². The highest BCUT2D eigenvalue weighted by Gasteiger charge is 2.22. The lowest BCUT2D eigenvalue weighted by molar-refractivity contribution is 0.508. The monoisotopic (exact) mass is 249 g/mol. The molecule has 0 amide bonds. The second-order valence-electron chi connectivity index (χ2n) is 5.16. The molecule has 90 valence electrons. The highest BCUT2D eigenvalue weighted by Crippen LogP contribution is 2.32. The minimum Gasteiger partial charge on any atom is -0.233 e. The molecular formula is C13H16ClN3. The first-order chi connectivity index (χ1) is 8.22. The topological polar surface area (TPSA) is 30.2 Å². The zero-order valence-electron chi connectivity index (χ0n) is 9.93. The summed E-state index contributed by atoms with van der Waals surface area (Å²) in [7, 11) is 0. The third kappa shape index (κ3) is 2.16. The molecule has 2 unspecified atom stereocenters. The summed E-state index contributed by atoms with van der Waals surface area (Å²) >= 11 is 6.18. The lowest BCUT2D eigenvalue weighted by Crippen LogP contribution is -2.04. The van der Waals surface area contributed by atoms with Gasteiger partial charge in [-0.3, -0.25) is 0 Å². The van der Waals surface area contributed by atoms with Gasteiger partial charge in [0, 0.05) is 11.8 Å². The summed E-state index contributed by atoms with van der Waals surface area (Å²) in [6, 6.07) is 3.84. The van der Waals surface area contributed by atoms with Crippen LogP contribution in [0.1, 0.15) is 31.9 Å². The first kappa shape index (κ1) is 11.0. The van der Waals surface area contributed by atoms with Gasteiger partial charge in [0.2, 0.25) is 0 Å². The Kier molecular flexibility index (Phi) is 2.79. The molecule has 3 rings (SSSR count).